The SMILES string of the molecule is c1ccc(C2(c3ccccc3)c3ccccc3-c3ccc(-c4ccc(N(c5ccc(-c6cccc(-c7cccc8ccccc78)c6)cc5)c5ccc(-c6cccc7c6sc6ccccc67)cc5)cc4)cc32)cc1. The Labute approximate surface area is 430 Å². The van der Waals surface area contributed by atoms with E-state index in [1.165, 1.54) is 109 Å². The van der Waals surface area contributed by atoms with Gasteiger partial charge < -0.3 is 4.90 Å². The third-order valence-corrected chi connectivity index (χ3v) is 16.4. The molecule has 1 aromatic heterocycles. The van der Waals surface area contributed by atoms with E-state index in [-0.39, 0.29) is 0 Å². The summed E-state index contributed by atoms with van der Waals surface area (Å²) in [5.74, 6) is 0. The molecular formula is C71H47NS. The average molecular weight is 946 g/mol. The highest BCUT2D eigenvalue weighted by atomic mass is 32.1. The van der Waals surface area contributed by atoms with Gasteiger partial charge in [0.25, 0.3) is 0 Å². The zero-order chi connectivity index (χ0) is 48.3. The molecule has 0 N–H and O–H groups in total. The molecule has 0 radical (unpaired) electrons. The molecule has 1 aliphatic rings. The van der Waals surface area contributed by atoms with Crippen LogP contribution in [0.4, 0.5) is 17.1 Å². The number of hydrogen-bond donors (Lipinski definition) is 0. The number of nitrogens with zero attached hydrogens (tertiary/aromatic N) is 1. The van der Waals surface area contributed by atoms with Crippen molar-refractivity contribution < 1.29 is 0 Å². The molecule has 2 heteroatoms. The summed E-state index contributed by atoms with van der Waals surface area (Å²) >= 11 is 1.88. The first-order chi connectivity index (χ1) is 36.2. The Morgan fingerprint density at radius 1 is 0.274 bits per heavy atom. The number of fused-ring (bicyclic) bond motifs is 7. The van der Waals surface area contributed by atoms with E-state index >= 15 is 0 Å². The summed E-state index contributed by atoms with van der Waals surface area (Å²) < 4.78 is 2.64. The molecule has 0 aliphatic heterocycles. The van der Waals surface area contributed by atoms with Gasteiger partial charge in [-0.3, -0.25) is 0 Å². The van der Waals surface area contributed by atoms with Crippen molar-refractivity contribution in [2.75, 3.05) is 4.90 Å². The van der Waals surface area contributed by atoms with Crippen molar-refractivity contribution in [2.24, 2.45) is 0 Å². The molecule has 1 nitrogen and oxygen atoms in total. The highest BCUT2D eigenvalue weighted by molar-refractivity contribution is 7.26. The molecule has 13 aromatic rings. The van der Waals surface area contributed by atoms with E-state index in [0.717, 1.165) is 17.1 Å². The summed E-state index contributed by atoms with van der Waals surface area (Å²) in [4.78, 5) is 2.39. The largest absolute Gasteiger partial charge is 0.311 e. The summed E-state index contributed by atoms with van der Waals surface area (Å²) in [5, 5.41) is 5.14. The topological polar surface area (TPSA) is 3.24 Å². The maximum atomic E-state index is 2.45. The molecule has 0 saturated carbocycles. The molecule has 342 valence electrons. The lowest BCUT2D eigenvalue weighted by atomic mass is 9.67. The second kappa shape index (κ2) is 17.6. The minimum atomic E-state index is -0.459. The zero-order valence-corrected chi connectivity index (χ0v) is 40.8. The van der Waals surface area contributed by atoms with Gasteiger partial charge in [0.1, 0.15) is 0 Å². The van der Waals surface area contributed by atoms with Gasteiger partial charge in [-0.05, 0) is 143 Å². The fraction of sp³-hybridized carbons (Fsp3) is 0.0141. The van der Waals surface area contributed by atoms with Gasteiger partial charge in [0.2, 0.25) is 0 Å². The molecule has 0 atom stereocenters. The first kappa shape index (κ1) is 42.8. The number of benzene rings is 12. The van der Waals surface area contributed by atoms with E-state index in [1.807, 2.05) is 11.3 Å². The Balaban J connectivity index is 0.858. The molecular weight excluding hydrogens is 899 g/mol. The standard InChI is InChI=1S/C71H47NS/c1-3-20-55(21-4-1)71(56-22-5-2-6-23-56)67-30-11-9-25-63(67)64-45-38-53(47-68(64)71)49-34-41-58(42-35-49)72(59-43-36-51(37-44-59)62-28-15-29-66-65-26-10-12-31-69(65)73-70(62)66)57-39-32-48(33-40-57)52-18-13-19-54(46-52)61-27-14-17-50-16-7-8-24-60(50)61/h1-47H. The lowest BCUT2D eigenvalue weighted by molar-refractivity contribution is 0.769. The van der Waals surface area contributed by atoms with Crippen LogP contribution in [0.2, 0.25) is 0 Å². The van der Waals surface area contributed by atoms with Crippen LogP contribution in [0.15, 0.2) is 285 Å². The van der Waals surface area contributed by atoms with Crippen LogP contribution in [0.5, 0.6) is 0 Å². The van der Waals surface area contributed by atoms with Crippen molar-refractivity contribution >= 4 is 59.3 Å². The molecule has 0 unspecified atom stereocenters. The molecule has 0 spiro atoms. The maximum Gasteiger partial charge on any atom is 0.0713 e. The van der Waals surface area contributed by atoms with Gasteiger partial charge >= 0.3 is 0 Å². The van der Waals surface area contributed by atoms with Gasteiger partial charge in [-0.2, -0.15) is 0 Å². The Kier molecular flexibility index (Phi) is 10.3. The van der Waals surface area contributed by atoms with Crippen molar-refractivity contribution in [3.63, 3.8) is 0 Å². The molecule has 1 heterocycles. The minimum absolute atomic E-state index is 0.459. The monoisotopic (exact) mass is 945 g/mol. The van der Waals surface area contributed by atoms with Crippen LogP contribution in [0.25, 0.3) is 86.6 Å². The van der Waals surface area contributed by atoms with Crippen LogP contribution in [-0.2, 0) is 5.41 Å². The summed E-state index contributed by atoms with van der Waals surface area (Å²) in [6, 6.07) is 105. The third-order valence-electron chi connectivity index (χ3n) is 15.2. The predicted octanol–water partition coefficient (Wildman–Crippen LogP) is 19.7. The lowest BCUT2D eigenvalue weighted by Crippen LogP contribution is -2.28. The normalized spacial score (nSPS) is 12.5. The Morgan fingerprint density at radius 2 is 0.753 bits per heavy atom. The minimum Gasteiger partial charge on any atom is -0.311 e. The Bertz CT molecular complexity index is 4130. The van der Waals surface area contributed by atoms with Crippen molar-refractivity contribution in [3.05, 3.63) is 307 Å². The van der Waals surface area contributed by atoms with Crippen LogP contribution in [-0.4, -0.2) is 0 Å². The molecule has 0 fully saturated rings. The highest BCUT2D eigenvalue weighted by Gasteiger charge is 2.46. The Hall–Kier alpha value is -9.08. The van der Waals surface area contributed by atoms with Crippen LogP contribution >= 0.6 is 11.3 Å². The third kappa shape index (κ3) is 7.13. The zero-order valence-electron chi connectivity index (χ0n) is 40.0. The molecule has 1 aliphatic carbocycles. The van der Waals surface area contributed by atoms with E-state index in [2.05, 4.69) is 290 Å². The first-order valence-corrected chi connectivity index (χ1v) is 26.0. The van der Waals surface area contributed by atoms with Gasteiger partial charge in [-0.15, -0.1) is 11.3 Å². The van der Waals surface area contributed by atoms with Gasteiger partial charge in [-0.25, -0.2) is 0 Å². The highest BCUT2D eigenvalue weighted by Crippen LogP contribution is 2.57. The van der Waals surface area contributed by atoms with Crippen molar-refractivity contribution in [1.29, 1.82) is 0 Å². The first-order valence-electron chi connectivity index (χ1n) is 25.1. The molecule has 14 rings (SSSR count). The number of hydrogen-bond acceptors (Lipinski definition) is 2. The maximum absolute atomic E-state index is 2.45. The summed E-state index contributed by atoms with van der Waals surface area (Å²) in [7, 11) is 0. The quantitative estimate of drug-likeness (QED) is 0.139. The summed E-state index contributed by atoms with van der Waals surface area (Å²) in [6.07, 6.45) is 0. The number of thiophene rings is 1. The van der Waals surface area contributed by atoms with E-state index in [9.17, 15) is 0 Å². The lowest BCUT2D eigenvalue weighted by Gasteiger charge is -2.34. The van der Waals surface area contributed by atoms with Gasteiger partial charge in [-0.1, -0.05) is 231 Å². The molecule has 73 heavy (non-hydrogen) atoms. The van der Waals surface area contributed by atoms with Gasteiger partial charge in [0.15, 0.2) is 0 Å². The Morgan fingerprint density at radius 3 is 1.47 bits per heavy atom. The summed E-state index contributed by atoms with van der Waals surface area (Å²) in [6.45, 7) is 0. The van der Waals surface area contributed by atoms with Crippen LogP contribution in [0, 0.1) is 0 Å². The number of anilines is 3. The van der Waals surface area contributed by atoms with Crippen molar-refractivity contribution in [3.8, 4) is 55.6 Å². The molecule has 0 amide bonds. The number of rotatable bonds is 9. The molecule has 0 saturated heterocycles. The second-order valence-corrected chi connectivity index (χ2v) is 20.2. The molecule has 12 aromatic carbocycles. The predicted molar refractivity (Wildman–Crippen MR) is 311 cm³/mol. The van der Waals surface area contributed by atoms with Gasteiger partial charge in [0, 0.05) is 37.2 Å². The van der Waals surface area contributed by atoms with Gasteiger partial charge in [0.05, 0.1) is 5.41 Å². The average Bonchev–Trinajstić information content (AvgIpc) is 4.04. The van der Waals surface area contributed by atoms with Crippen LogP contribution < -0.4 is 4.90 Å². The van der Waals surface area contributed by atoms with Crippen molar-refractivity contribution in [2.45, 2.75) is 5.41 Å². The van der Waals surface area contributed by atoms with E-state index in [1.54, 1.807) is 0 Å². The van der Waals surface area contributed by atoms with E-state index in [4.69, 9.17) is 0 Å². The van der Waals surface area contributed by atoms with Crippen LogP contribution in [0.3, 0.4) is 0 Å². The second-order valence-electron chi connectivity index (χ2n) is 19.2. The van der Waals surface area contributed by atoms with Crippen LogP contribution in [0.1, 0.15) is 22.3 Å². The van der Waals surface area contributed by atoms with E-state index in [0.29, 0.717) is 0 Å². The van der Waals surface area contributed by atoms with Crippen molar-refractivity contribution in [1.82, 2.24) is 0 Å². The fourth-order valence-electron chi connectivity index (χ4n) is 11.8. The summed E-state index contributed by atoms with van der Waals surface area (Å²) in [5.41, 5.74) is 20.2. The fourth-order valence-corrected chi connectivity index (χ4v) is 13.0. The van der Waals surface area contributed by atoms with E-state index < -0.39 is 5.41 Å². The smallest absolute Gasteiger partial charge is 0.0713 e. The molecule has 0 bridgehead atoms.